The fraction of sp³-hybridized carbons (Fsp3) is 0.565. The van der Waals surface area contributed by atoms with Crippen molar-refractivity contribution in [1.29, 1.82) is 0 Å². The van der Waals surface area contributed by atoms with Crippen LogP contribution >= 0.6 is 0 Å². The lowest BCUT2D eigenvalue weighted by molar-refractivity contribution is -0.142. The Kier molecular flexibility index (Phi) is 10.6. The minimum Gasteiger partial charge on any atom is -0.480 e. The highest BCUT2D eigenvalue weighted by atomic mass is 16.4. The molecule has 0 fully saturated rings. The number of imidazole rings is 2. The Morgan fingerprint density at radius 3 is 1.86 bits per heavy atom. The minimum atomic E-state index is -1.26. The number of rotatable bonds is 14. The first-order chi connectivity index (χ1) is 17.0. The van der Waals surface area contributed by atoms with E-state index in [1.54, 1.807) is 13.8 Å². The molecule has 2 aromatic heterocycles. The number of hydrogen-bond donors (Lipinski definition) is 7. The van der Waals surface area contributed by atoms with Crippen LogP contribution in [-0.4, -0.2) is 72.9 Å². The van der Waals surface area contributed by atoms with Crippen LogP contribution in [0.15, 0.2) is 25.0 Å². The molecule has 198 valence electrons. The number of aromatic nitrogens is 4. The van der Waals surface area contributed by atoms with Crippen LogP contribution in [0.2, 0.25) is 0 Å². The van der Waals surface area contributed by atoms with Gasteiger partial charge >= 0.3 is 5.97 Å². The highest BCUT2D eigenvalue weighted by Gasteiger charge is 2.32. The number of H-pyrrole nitrogens is 2. The zero-order chi connectivity index (χ0) is 26.8. The Bertz CT molecular complexity index is 992. The van der Waals surface area contributed by atoms with E-state index < -0.39 is 47.9 Å². The summed E-state index contributed by atoms with van der Waals surface area (Å²) in [6.45, 7) is 7.28. The molecule has 8 N–H and O–H groups in total. The molecule has 3 amide bonds. The van der Waals surface area contributed by atoms with Crippen molar-refractivity contribution >= 4 is 23.7 Å². The van der Waals surface area contributed by atoms with Crippen molar-refractivity contribution in [3.05, 3.63) is 36.4 Å². The Morgan fingerprint density at radius 2 is 1.42 bits per heavy atom. The molecule has 5 atom stereocenters. The molecule has 13 heteroatoms. The third-order valence-electron chi connectivity index (χ3n) is 6.01. The summed E-state index contributed by atoms with van der Waals surface area (Å²) in [6.07, 6.45) is 6.50. The van der Waals surface area contributed by atoms with Gasteiger partial charge in [0.2, 0.25) is 17.7 Å². The summed E-state index contributed by atoms with van der Waals surface area (Å²) < 4.78 is 0. The van der Waals surface area contributed by atoms with Crippen LogP contribution < -0.4 is 21.7 Å². The second-order valence-electron chi connectivity index (χ2n) is 9.16. The number of carboxylic acid groups (broad SMARTS) is 1. The number of carbonyl (C=O) groups is 4. The van der Waals surface area contributed by atoms with Crippen LogP contribution in [0, 0.1) is 11.8 Å². The van der Waals surface area contributed by atoms with Gasteiger partial charge < -0.3 is 36.8 Å². The second kappa shape index (κ2) is 13.4. The van der Waals surface area contributed by atoms with E-state index in [-0.39, 0.29) is 24.7 Å². The van der Waals surface area contributed by atoms with Gasteiger partial charge in [-0.15, -0.1) is 0 Å². The first-order valence-electron chi connectivity index (χ1n) is 11.9. The summed E-state index contributed by atoms with van der Waals surface area (Å²) in [7, 11) is 0. The summed E-state index contributed by atoms with van der Waals surface area (Å²) in [4.78, 5) is 64.2. The molecule has 2 heterocycles. The zero-order valence-electron chi connectivity index (χ0n) is 20.9. The van der Waals surface area contributed by atoms with E-state index in [4.69, 9.17) is 5.73 Å². The highest BCUT2D eigenvalue weighted by Crippen LogP contribution is 2.09. The molecular weight excluding hydrogens is 468 g/mol. The van der Waals surface area contributed by atoms with Gasteiger partial charge in [0.25, 0.3) is 0 Å². The fourth-order valence-electron chi connectivity index (χ4n) is 3.47. The van der Waals surface area contributed by atoms with Crippen molar-refractivity contribution < 1.29 is 24.3 Å². The van der Waals surface area contributed by atoms with Crippen LogP contribution in [0.3, 0.4) is 0 Å². The first kappa shape index (κ1) is 28.5. The normalized spacial score (nSPS) is 15.4. The average Bonchev–Trinajstić information content (AvgIpc) is 3.54. The number of nitrogens with two attached hydrogens (primary N) is 1. The van der Waals surface area contributed by atoms with Crippen molar-refractivity contribution in [2.24, 2.45) is 17.6 Å². The molecule has 0 spiro atoms. The van der Waals surface area contributed by atoms with Crippen LogP contribution in [0.4, 0.5) is 0 Å². The van der Waals surface area contributed by atoms with Crippen molar-refractivity contribution in [3.63, 3.8) is 0 Å². The summed E-state index contributed by atoms with van der Waals surface area (Å²) in [5.41, 5.74) is 7.10. The molecule has 2 aromatic rings. The maximum Gasteiger partial charge on any atom is 0.326 e. The lowest BCUT2D eigenvalue weighted by Gasteiger charge is -2.27. The predicted octanol–water partition coefficient (Wildman–Crippen LogP) is -0.514. The molecule has 0 aliphatic carbocycles. The maximum atomic E-state index is 13.2. The molecule has 0 aromatic carbocycles. The van der Waals surface area contributed by atoms with Crippen molar-refractivity contribution in [2.75, 3.05) is 0 Å². The molecule has 0 bridgehead atoms. The molecule has 36 heavy (non-hydrogen) atoms. The molecule has 0 radical (unpaired) electrons. The number of aliphatic carboxylic acids is 1. The quantitative estimate of drug-likeness (QED) is 0.178. The van der Waals surface area contributed by atoms with Gasteiger partial charge in [-0.1, -0.05) is 34.1 Å². The maximum absolute atomic E-state index is 13.2. The number of carboxylic acids is 1. The highest BCUT2D eigenvalue weighted by molar-refractivity contribution is 5.94. The van der Waals surface area contributed by atoms with E-state index in [1.165, 1.54) is 25.0 Å². The smallest absolute Gasteiger partial charge is 0.326 e. The van der Waals surface area contributed by atoms with E-state index in [0.717, 1.165) is 0 Å². The van der Waals surface area contributed by atoms with E-state index in [0.29, 0.717) is 17.8 Å². The van der Waals surface area contributed by atoms with E-state index in [1.807, 2.05) is 13.8 Å². The third kappa shape index (κ3) is 8.18. The van der Waals surface area contributed by atoms with Gasteiger partial charge in [0, 0.05) is 36.6 Å². The largest absolute Gasteiger partial charge is 0.480 e. The molecule has 5 unspecified atom stereocenters. The monoisotopic (exact) mass is 504 g/mol. The number of nitrogens with one attached hydrogen (secondary N) is 5. The Hall–Kier alpha value is -3.74. The molecule has 0 saturated carbocycles. The van der Waals surface area contributed by atoms with E-state index >= 15 is 0 Å². The third-order valence-corrected chi connectivity index (χ3v) is 6.01. The topological polar surface area (TPSA) is 208 Å². The number of aromatic amines is 2. The number of nitrogens with zero attached hydrogens (tertiary/aromatic N) is 2. The molecule has 0 aliphatic heterocycles. The molecular formula is C23H36N8O5. The summed E-state index contributed by atoms with van der Waals surface area (Å²) in [6, 6.07) is -4.13. The van der Waals surface area contributed by atoms with Gasteiger partial charge in [-0.05, 0) is 11.8 Å². The number of hydrogen-bond acceptors (Lipinski definition) is 7. The lowest BCUT2D eigenvalue weighted by atomic mass is 9.97. The van der Waals surface area contributed by atoms with Crippen molar-refractivity contribution in [3.8, 4) is 0 Å². The molecule has 2 rings (SSSR count). The SMILES string of the molecule is CCC(C)C(N)C(=O)NC(C(=O)NC(Cc1cnc[nH]1)C(=O)NC(Cc1cnc[nH]1)C(=O)O)C(C)C. The summed E-state index contributed by atoms with van der Waals surface area (Å²) in [5, 5.41) is 17.4. The van der Waals surface area contributed by atoms with Crippen molar-refractivity contribution in [2.45, 2.75) is 71.1 Å². The Balaban J connectivity index is 2.18. The molecule has 13 nitrogen and oxygen atoms in total. The molecule has 0 saturated heterocycles. The van der Waals surface area contributed by atoms with Crippen LogP contribution in [-0.2, 0) is 32.0 Å². The standard InChI is InChI=1S/C23H36N8O5/c1-5-13(4)18(24)21(33)31-19(12(2)3)22(34)29-16(6-14-8-25-10-27-14)20(32)30-17(23(35)36)7-15-9-26-11-28-15/h8-13,16-19H,5-7,24H2,1-4H3,(H,25,27)(H,26,28)(H,29,34)(H,30,32)(H,31,33)(H,35,36). The number of carbonyl (C=O) groups excluding carboxylic acids is 3. The first-order valence-corrected chi connectivity index (χ1v) is 11.9. The number of amides is 3. The summed E-state index contributed by atoms with van der Waals surface area (Å²) in [5.74, 6) is -3.37. The van der Waals surface area contributed by atoms with Gasteiger partial charge in [-0.2, -0.15) is 0 Å². The van der Waals surface area contributed by atoms with Gasteiger partial charge in [-0.25, -0.2) is 14.8 Å². The van der Waals surface area contributed by atoms with Crippen LogP contribution in [0.1, 0.15) is 45.5 Å². The van der Waals surface area contributed by atoms with Crippen molar-refractivity contribution in [1.82, 2.24) is 35.9 Å². The fourth-order valence-corrected chi connectivity index (χ4v) is 3.47. The van der Waals surface area contributed by atoms with Gasteiger partial charge in [0.15, 0.2) is 0 Å². The lowest BCUT2D eigenvalue weighted by Crippen LogP contribution is -2.59. The predicted molar refractivity (Wildman–Crippen MR) is 130 cm³/mol. The van der Waals surface area contributed by atoms with Crippen LogP contribution in [0.5, 0.6) is 0 Å². The Labute approximate surface area is 209 Å². The molecule has 0 aliphatic rings. The van der Waals surface area contributed by atoms with Gasteiger partial charge in [-0.3, -0.25) is 14.4 Å². The zero-order valence-corrected chi connectivity index (χ0v) is 20.9. The van der Waals surface area contributed by atoms with Gasteiger partial charge in [0.1, 0.15) is 18.1 Å². The second-order valence-corrected chi connectivity index (χ2v) is 9.16. The van der Waals surface area contributed by atoms with Gasteiger partial charge in [0.05, 0.1) is 18.7 Å². The Morgan fingerprint density at radius 1 is 0.889 bits per heavy atom. The van der Waals surface area contributed by atoms with E-state index in [9.17, 15) is 24.3 Å². The van der Waals surface area contributed by atoms with Crippen LogP contribution in [0.25, 0.3) is 0 Å². The van der Waals surface area contributed by atoms with E-state index in [2.05, 4.69) is 35.9 Å². The average molecular weight is 505 g/mol. The minimum absolute atomic E-state index is 0.0238. The summed E-state index contributed by atoms with van der Waals surface area (Å²) >= 11 is 0.